The molecule has 18 heteroatoms. The zero-order valence-electron chi connectivity index (χ0n) is 28.0. The Morgan fingerprint density at radius 1 is 0.653 bits per heavy atom. The van der Waals surface area contributed by atoms with Gasteiger partial charge in [0.2, 0.25) is 0 Å². The van der Waals surface area contributed by atoms with Crippen molar-refractivity contribution in [2.75, 3.05) is 6.61 Å². The maximum absolute atomic E-state index is 12.0. The van der Waals surface area contributed by atoms with Crippen LogP contribution in [0.1, 0.15) is 53.4 Å². The van der Waals surface area contributed by atoms with E-state index in [2.05, 4.69) is 0 Å². The fraction of sp³-hybridized carbons (Fsp3) is 0.968. The van der Waals surface area contributed by atoms with Crippen molar-refractivity contribution >= 4 is 6.29 Å². The molecule has 5 rings (SSSR count). The van der Waals surface area contributed by atoms with Crippen LogP contribution in [0.3, 0.4) is 0 Å². The van der Waals surface area contributed by atoms with E-state index < -0.39 is 117 Å². The first-order valence-corrected chi connectivity index (χ1v) is 17.0. The highest BCUT2D eigenvalue weighted by molar-refractivity contribution is 5.57. The summed E-state index contributed by atoms with van der Waals surface area (Å²) in [4.78, 5) is 12.0. The molecule has 0 spiro atoms. The molecule has 49 heavy (non-hydrogen) atoms. The largest absolute Gasteiger partial charge is 0.390 e. The third-order valence-electron chi connectivity index (χ3n) is 9.96. The predicted octanol–water partition coefficient (Wildman–Crippen LogP) is -3.28. The van der Waals surface area contributed by atoms with Crippen molar-refractivity contribution in [3.8, 4) is 0 Å². The Bertz CT molecular complexity index is 1040. The minimum atomic E-state index is -1.70. The van der Waals surface area contributed by atoms with Crippen molar-refractivity contribution in [2.24, 2.45) is 11.7 Å². The summed E-state index contributed by atoms with van der Waals surface area (Å²) in [6.07, 6.45) is -19.9. The van der Waals surface area contributed by atoms with E-state index in [1.165, 1.54) is 6.92 Å². The number of aliphatic hydroxyl groups is 7. The first-order valence-electron chi connectivity index (χ1n) is 17.0. The molecule has 5 heterocycles. The molecule has 5 aliphatic heterocycles. The monoisotopic (exact) mass is 711 g/mol. The molecular weight excluding hydrogens is 658 g/mol. The summed E-state index contributed by atoms with van der Waals surface area (Å²) >= 11 is 0. The lowest BCUT2D eigenvalue weighted by Crippen LogP contribution is -2.62. The quantitative estimate of drug-likeness (QED) is 0.0816. The number of hydrogen-bond donors (Lipinski definition) is 8. The Morgan fingerprint density at radius 2 is 1.33 bits per heavy atom. The minimum Gasteiger partial charge on any atom is -0.390 e. The van der Waals surface area contributed by atoms with Gasteiger partial charge in [-0.05, 0) is 34.1 Å². The van der Waals surface area contributed by atoms with Crippen molar-refractivity contribution in [3.63, 3.8) is 0 Å². The zero-order chi connectivity index (χ0) is 35.7. The Hall–Kier alpha value is -1.01. The zero-order valence-corrected chi connectivity index (χ0v) is 28.0. The van der Waals surface area contributed by atoms with Crippen molar-refractivity contribution in [2.45, 2.75) is 176 Å². The van der Waals surface area contributed by atoms with Crippen molar-refractivity contribution in [1.29, 1.82) is 0 Å². The summed E-state index contributed by atoms with van der Waals surface area (Å²) in [5, 5.41) is 73.7. The molecule has 5 unspecified atom stereocenters. The smallest absolute Gasteiger partial charge is 0.187 e. The number of aldehydes is 1. The van der Waals surface area contributed by atoms with Gasteiger partial charge in [-0.15, -0.1) is 0 Å². The van der Waals surface area contributed by atoms with Crippen LogP contribution < -0.4 is 5.73 Å². The normalized spacial score (nSPS) is 52.0. The Morgan fingerprint density at radius 3 is 1.96 bits per heavy atom. The van der Waals surface area contributed by atoms with E-state index in [-0.39, 0.29) is 38.1 Å². The summed E-state index contributed by atoms with van der Waals surface area (Å²) in [7, 11) is 0. The van der Waals surface area contributed by atoms with Crippen LogP contribution in [0.5, 0.6) is 0 Å². The number of rotatable bonds is 10. The number of ether oxygens (including phenoxy) is 9. The van der Waals surface area contributed by atoms with E-state index in [4.69, 9.17) is 48.4 Å². The summed E-state index contributed by atoms with van der Waals surface area (Å²) in [6.45, 7) is 6.76. The summed E-state index contributed by atoms with van der Waals surface area (Å²) < 4.78 is 52.5. The first kappa shape index (κ1) is 39.2. The molecule has 5 saturated heterocycles. The molecular formula is C31H53NO17. The molecule has 5 fully saturated rings. The molecule has 0 radical (unpaired) electrons. The Balaban J connectivity index is 1.15. The molecule has 5 aliphatic rings. The van der Waals surface area contributed by atoms with E-state index in [0.717, 1.165) is 0 Å². The van der Waals surface area contributed by atoms with Crippen molar-refractivity contribution in [1.82, 2.24) is 0 Å². The van der Waals surface area contributed by atoms with Crippen molar-refractivity contribution < 1.29 is 83.2 Å². The van der Waals surface area contributed by atoms with Gasteiger partial charge >= 0.3 is 0 Å². The van der Waals surface area contributed by atoms with Gasteiger partial charge in [0.05, 0.1) is 61.4 Å². The van der Waals surface area contributed by atoms with Gasteiger partial charge in [0, 0.05) is 19.3 Å². The van der Waals surface area contributed by atoms with E-state index in [0.29, 0.717) is 12.7 Å². The number of hydrogen-bond acceptors (Lipinski definition) is 18. The lowest BCUT2D eigenvalue weighted by Gasteiger charge is -2.47. The van der Waals surface area contributed by atoms with Crippen LogP contribution in [0, 0.1) is 5.92 Å². The maximum Gasteiger partial charge on any atom is 0.187 e. The van der Waals surface area contributed by atoms with Gasteiger partial charge < -0.3 is 88.9 Å². The molecule has 0 aromatic heterocycles. The summed E-state index contributed by atoms with van der Waals surface area (Å²) in [5.74, 6) is -0.879. The molecule has 0 bridgehead atoms. The molecule has 0 saturated carbocycles. The topological polar surface area (TPSA) is 268 Å². The second-order valence-corrected chi connectivity index (χ2v) is 13.8. The number of carbonyl (C=O) groups excluding carboxylic acids is 1. The highest BCUT2D eigenvalue weighted by Gasteiger charge is 2.51. The molecule has 18 nitrogen and oxygen atoms in total. The highest BCUT2D eigenvalue weighted by Crippen LogP contribution is 2.36. The fourth-order valence-electron chi connectivity index (χ4n) is 7.06. The third-order valence-corrected chi connectivity index (χ3v) is 9.96. The van der Waals surface area contributed by atoms with Gasteiger partial charge in [-0.2, -0.15) is 0 Å². The van der Waals surface area contributed by atoms with E-state index in [1.807, 2.05) is 6.92 Å². The standard InChI is InChI=1S/C31H53NO17/c1-11-5-18(36)27(14(4)42-11)48-22-7-16(34)21(10-41-22)47-30-15(29(32)40)6-19(12(2)44-30)45-31-26(39)25(38)28(20(9-33)46-31)49-23-8-17(35)24(37)13(3)43-23/h9,11-31,34-40H,5-8,10,32H2,1-4H3/t11-,12?,13-,14?,15?,16+,17+,18+,19+,20-,21-,22-,23-,24-,25+,26?,27-,28-,29?,30-,31+/m0/s1. The average Bonchev–Trinajstić information content (AvgIpc) is 3.03. The Kier molecular flexibility index (Phi) is 13.4. The van der Waals surface area contributed by atoms with E-state index in [9.17, 15) is 40.5 Å². The third kappa shape index (κ3) is 9.14. The fourth-order valence-corrected chi connectivity index (χ4v) is 7.06. The maximum atomic E-state index is 12.0. The minimum absolute atomic E-state index is 0.0380. The van der Waals surface area contributed by atoms with Crippen molar-refractivity contribution in [3.05, 3.63) is 0 Å². The van der Waals surface area contributed by atoms with E-state index in [1.54, 1.807) is 13.8 Å². The van der Waals surface area contributed by atoms with Gasteiger partial charge in [0.1, 0.15) is 49.0 Å². The number of aliphatic hydroxyl groups excluding tert-OH is 7. The van der Waals surface area contributed by atoms with Crippen LogP contribution in [0.2, 0.25) is 0 Å². The molecule has 9 N–H and O–H groups in total. The lowest BCUT2D eigenvalue weighted by molar-refractivity contribution is -0.356. The van der Waals surface area contributed by atoms with Gasteiger partial charge in [0.25, 0.3) is 0 Å². The van der Waals surface area contributed by atoms with Crippen LogP contribution in [0.25, 0.3) is 0 Å². The second-order valence-electron chi connectivity index (χ2n) is 13.8. The van der Waals surface area contributed by atoms with Crippen LogP contribution in [-0.2, 0) is 47.4 Å². The van der Waals surface area contributed by atoms with Gasteiger partial charge in [-0.25, -0.2) is 0 Å². The lowest BCUT2D eigenvalue weighted by atomic mass is 9.92. The first-order chi connectivity index (χ1) is 23.2. The molecule has 284 valence electrons. The SMILES string of the molecule is CC1O[C@@H](O[C@H]2CO[C@@H](O[C@H]3C(C)O[C@@H](C)C[C@H]3O)C[C@H]2O)C(C(N)O)C[C@H]1O[C@@H]1O[C@@H](C=O)[C@H](O[C@H]2C[C@@H](O)[C@@H](O)[C@H](C)O2)[C@H](O)C1O. The van der Waals surface area contributed by atoms with Crippen LogP contribution in [-0.4, -0.2) is 172 Å². The molecule has 21 atom stereocenters. The van der Waals surface area contributed by atoms with Crippen LogP contribution in [0.15, 0.2) is 0 Å². The van der Waals surface area contributed by atoms with Crippen LogP contribution >= 0.6 is 0 Å². The molecule has 0 aliphatic carbocycles. The number of nitrogens with two attached hydrogens (primary N) is 1. The van der Waals surface area contributed by atoms with Gasteiger partial charge in [-0.3, -0.25) is 0 Å². The summed E-state index contributed by atoms with van der Waals surface area (Å²) in [5.41, 5.74) is 5.89. The predicted molar refractivity (Wildman–Crippen MR) is 161 cm³/mol. The molecule has 0 aromatic rings. The highest BCUT2D eigenvalue weighted by atomic mass is 16.8. The summed E-state index contributed by atoms with van der Waals surface area (Å²) in [6, 6.07) is 0. The molecule has 0 aromatic carbocycles. The van der Waals surface area contributed by atoms with Crippen LogP contribution in [0.4, 0.5) is 0 Å². The second kappa shape index (κ2) is 16.8. The molecule has 0 amide bonds. The number of carbonyl (C=O) groups is 1. The average molecular weight is 712 g/mol. The Labute approximate surface area is 284 Å². The van der Waals surface area contributed by atoms with E-state index >= 15 is 0 Å². The van der Waals surface area contributed by atoms with Gasteiger partial charge in [0.15, 0.2) is 31.4 Å². The van der Waals surface area contributed by atoms with Gasteiger partial charge in [-0.1, -0.05) is 0 Å².